The summed E-state index contributed by atoms with van der Waals surface area (Å²) in [6.07, 6.45) is 0. The number of carbonyl (C=O) groups excluding carboxylic acids is 1. The van der Waals surface area contributed by atoms with Gasteiger partial charge >= 0.3 is 0 Å². The van der Waals surface area contributed by atoms with Crippen LogP contribution in [0.5, 0.6) is 0 Å². The lowest BCUT2D eigenvalue weighted by Crippen LogP contribution is -2.27. The highest BCUT2D eigenvalue weighted by Gasteiger charge is 2.17. The normalized spacial score (nSPS) is 11.3. The fourth-order valence-corrected chi connectivity index (χ4v) is 1.86. The molecule has 0 aliphatic rings. The Labute approximate surface area is 104 Å². The van der Waals surface area contributed by atoms with Crippen LogP contribution in [-0.4, -0.2) is 34.6 Å². The second kappa shape index (κ2) is 5.89. The van der Waals surface area contributed by atoms with Crippen LogP contribution in [-0.2, 0) is 14.8 Å². The van der Waals surface area contributed by atoms with Gasteiger partial charge < -0.3 is 10.1 Å². The quantitative estimate of drug-likeness (QED) is 0.731. The molecule has 100 valence electrons. The van der Waals surface area contributed by atoms with E-state index in [0.29, 0.717) is 6.61 Å². The first kappa shape index (κ1) is 14.6. The van der Waals surface area contributed by atoms with E-state index in [0.717, 1.165) is 12.1 Å². The summed E-state index contributed by atoms with van der Waals surface area (Å²) >= 11 is 0. The van der Waals surface area contributed by atoms with Crippen LogP contribution in [0.2, 0.25) is 0 Å². The molecule has 8 heteroatoms. The first-order chi connectivity index (χ1) is 8.36. The van der Waals surface area contributed by atoms with Gasteiger partial charge in [0.2, 0.25) is 10.0 Å². The van der Waals surface area contributed by atoms with Gasteiger partial charge in [-0.15, -0.1) is 0 Å². The van der Waals surface area contributed by atoms with E-state index in [-0.39, 0.29) is 12.1 Å². The number of primary sulfonamides is 1. The molecule has 0 atom stereocenters. The number of hydrogen-bond acceptors (Lipinski definition) is 4. The van der Waals surface area contributed by atoms with E-state index in [1.54, 1.807) is 0 Å². The van der Waals surface area contributed by atoms with Crippen molar-refractivity contribution in [2.75, 3.05) is 20.3 Å². The van der Waals surface area contributed by atoms with Gasteiger partial charge in [-0.1, -0.05) is 0 Å². The molecule has 0 aromatic heterocycles. The zero-order chi connectivity index (χ0) is 13.8. The number of rotatable bonds is 5. The molecule has 0 unspecified atom stereocenters. The van der Waals surface area contributed by atoms with Gasteiger partial charge in [-0.05, 0) is 18.2 Å². The molecule has 3 N–H and O–H groups in total. The topological polar surface area (TPSA) is 98.5 Å². The summed E-state index contributed by atoms with van der Waals surface area (Å²) in [7, 11) is -2.72. The van der Waals surface area contributed by atoms with Crippen LogP contribution in [0.4, 0.5) is 4.39 Å². The molecule has 1 amide bonds. The van der Waals surface area contributed by atoms with Crippen LogP contribution < -0.4 is 10.5 Å². The smallest absolute Gasteiger partial charge is 0.251 e. The first-order valence-corrected chi connectivity index (χ1v) is 6.50. The molecule has 1 aromatic rings. The Morgan fingerprint density at radius 1 is 1.50 bits per heavy atom. The maximum Gasteiger partial charge on any atom is 0.251 e. The van der Waals surface area contributed by atoms with E-state index in [9.17, 15) is 17.6 Å². The Morgan fingerprint density at radius 3 is 2.72 bits per heavy atom. The summed E-state index contributed by atoms with van der Waals surface area (Å²) in [5.41, 5.74) is 0.0107. The maximum absolute atomic E-state index is 13.2. The number of carbonyl (C=O) groups is 1. The third kappa shape index (κ3) is 3.76. The molecule has 0 spiro atoms. The van der Waals surface area contributed by atoms with E-state index >= 15 is 0 Å². The number of methoxy groups -OCH3 is 1. The Kier molecular flexibility index (Phi) is 4.76. The van der Waals surface area contributed by atoms with E-state index in [1.165, 1.54) is 13.2 Å². The predicted molar refractivity (Wildman–Crippen MR) is 62.0 cm³/mol. The molecule has 0 aliphatic carbocycles. The summed E-state index contributed by atoms with van der Waals surface area (Å²) in [4.78, 5) is 10.9. The number of nitrogens with two attached hydrogens (primary N) is 1. The van der Waals surface area contributed by atoms with Crippen molar-refractivity contribution in [1.29, 1.82) is 0 Å². The highest BCUT2D eigenvalue weighted by atomic mass is 32.2. The SMILES string of the molecule is COCCNC(=O)c1ccc(F)c(S(N)(=O)=O)c1. The van der Waals surface area contributed by atoms with Crippen LogP contribution in [0, 0.1) is 5.82 Å². The molecule has 1 rings (SSSR count). The zero-order valence-electron chi connectivity index (χ0n) is 9.64. The fraction of sp³-hybridized carbons (Fsp3) is 0.300. The van der Waals surface area contributed by atoms with E-state index in [4.69, 9.17) is 9.88 Å². The van der Waals surface area contributed by atoms with Crippen molar-refractivity contribution in [1.82, 2.24) is 5.32 Å². The second-order valence-corrected chi connectivity index (χ2v) is 4.97. The monoisotopic (exact) mass is 276 g/mol. The average molecular weight is 276 g/mol. The molecule has 18 heavy (non-hydrogen) atoms. The number of halogens is 1. The van der Waals surface area contributed by atoms with Gasteiger partial charge in [0.1, 0.15) is 10.7 Å². The number of sulfonamides is 1. The van der Waals surface area contributed by atoms with Crippen molar-refractivity contribution < 1.29 is 22.3 Å². The van der Waals surface area contributed by atoms with Crippen LogP contribution >= 0.6 is 0 Å². The average Bonchev–Trinajstić information content (AvgIpc) is 2.28. The highest BCUT2D eigenvalue weighted by Crippen LogP contribution is 2.14. The van der Waals surface area contributed by atoms with Crippen molar-refractivity contribution in [2.45, 2.75) is 4.90 Å². The molecule has 0 radical (unpaired) electrons. The molecular formula is C10H13FN2O4S. The van der Waals surface area contributed by atoms with Crippen molar-refractivity contribution in [2.24, 2.45) is 5.14 Å². The Morgan fingerprint density at radius 2 is 2.17 bits per heavy atom. The number of ether oxygens (including phenoxy) is 1. The lowest BCUT2D eigenvalue weighted by atomic mass is 10.2. The van der Waals surface area contributed by atoms with Crippen LogP contribution in [0.1, 0.15) is 10.4 Å². The standard InChI is InChI=1S/C10H13FN2O4S/c1-17-5-4-13-10(14)7-2-3-8(11)9(6-7)18(12,15)16/h2-3,6H,4-5H2,1H3,(H,13,14)(H2,12,15,16). The van der Waals surface area contributed by atoms with Crippen molar-refractivity contribution >= 4 is 15.9 Å². The molecule has 0 bridgehead atoms. The summed E-state index contributed by atoms with van der Waals surface area (Å²) in [5, 5.41) is 7.30. The van der Waals surface area contributed by atoms with Gasteiger partial charge in [-0.25, -0.2) is 17.9 Å². The third-order valence-corrected chi connectivity index (χ3v) is 3.02. The Balaban J connectivity index is 2.95. The highest BCUT2D eigenvalue weighted by molar-refractivity contribution is 7.89. The number of amides is 1. The predicted octanol–water partition coefficient (Wildman–Crippen LogP) is -0.151. The van der Waals surface area contributed by atoms with Gasteiger partial charge in [0.15, 0.2) is 0 Å². The lowest BCUT2D eigenvalue weighted by molar-refractivity contribution is 0.0937. The van der Waals surface area contributed by atoms with Gasteiger partial charge in [-0.3, -0.25) is 4.79 Å². The van der Waals surface area contributed by atoms with Gasteiger partial charge in [0.05, 0.1) is 6.61 Å². The van der Waals surface area contributed by atoms with Crippen molar-refractivity contribution in [3.05, 3.63) is 29.6 Å². The van der Waals surface area contributed by atoms with Crippen LogP contribution in [0.3, 0.4) is 0 Å². The van der Waals surface area contributed by atoms with E-state index < -0.39 is 26.6 Å². The zero-order valence-corrected chi connectivity index (χ0v) is 10.5. The van der Waals surface area contributed by atoms with Crippen molar-refractivity contribution in [3.8, 4) is 0 Å². The number of hydrogen-bond donors (Lipinski definition) is 2. The lowest BCUT2D eigenvalue weighted by Gasteiger charge is -2.06. The van der Waals surface area contributed by atoms with Crippen LogP contribution in [0.15, 0.2) is 23.1 Å². The minimum atomic E-state index is -4.19. The summed E-state index contributed by atoms with van der Waals surface area (Å²) in [5.74, 6) is -1.53. The van der Waals surface area contributed by atoms with E-state index in [2.05, 4.69) is 5.32 Å². The molecule has 0 saturated heterocycles. The minimum Gasteiger partial charge on any atom is -0.383 e. The largest absolute Gasteiger partial charge is 0.383 e. The summed E-state index contributed by atoms with van der Waals surface area (Å²) in [6, 6.07) is 2.95. The van der Waals surface area contributed by atoms with Crippen molar-refractivity contribution in [3.63, 3.8) is 0 Å². The van der Waals surface area contributed by atoms with E-state index in [1.807, 2.05) is 0 Å². The first-order valence-electron chi connectivity index (χ1n) is 4.95. The molecule has 0 saturated carbocycles. The van der Waals surface area contributed by atoms with Gasteiger partial charge in [-0.2, -0.15) is 0 Å². The maximum atomic E-state index is 13.2. The summed E-state index contributed by atoms with van der Waals surface area (Å²) in [6.45, 7) is 0.576. The third-order valence-electron chi connectivity index (χ3n) is 2.09. The molecular weight excluding hydrogens is 263 g/mol. The summed E-state index contributed by atoms with van der Waals surface area (Å²) < 4.78 is 40.1. The van der Waals surface area contributed by atoms with Gasteiger partial charge in [0.25, 0.3) is 5.91 Å². The molecule has 0 heterocycles. The van der Waals surface area contributed by atoms with Crippen LogP contribution in [0.25, 0.3) is 0 Å². The molecule has 0 fully saturated rings. The Bertz CT molecular complexity index is 545. The second-order valence-electron chi connectivity index (χ2n) is 3.44. The van der Waals surface area contributed by atoms with Gasteiger partial charge in [0, 0.05) is 19.2 Å². The molecule has 1 aromatic carbocycles. The number of benzene rings is 1. The fourth-order valence-electron chi connectivity index (χ4n) is 1.23. The molecule has 6 nitrogen and oxygen atoms in total. The Hall–Kier alpha value is -1.51. The number of nitrogens with one attached hydrogen (secondary N) is 1. The minimum absolute atomic E-state index is 0.0107. The molecule has 0 aliphatic heterocycles.